The van der Waals surface area contributed by atoms with Crippen LogP contribution in [0.3, 0.4) is 0 Å². The van der Waals surface area contributed by atoms with E-state index in [0.717, 1.165) is 5.69 Å². The maximum absolute atomic E-state index is 12.8. The van der Waals surface area contributed by atoms with E-state index < -0.39 is 10.0 Å². The van der Waals surface area contributed by atoms with Crippen molar-refractivity contribution in [2.75, 3.05) is 26.3 Å². The molecule has 0 N–H and O–H groups in total. The number of sulfonamides is 1. The van der Waals surface area contributed by atoms with Gasteiger partial charge in [-0.05, 0) is 25.1 Å². The van der Waals surface area contributed by atoms with Gasteiger partial charge in [-0.2, -0.15) is 4.31 Å². The van der Waals surface area contributed by atoms with Crippen LogP contribution in [0.15, 0.2) is 49.4 Å². The van der Waals surface area contributed by atoms with Crippen molar-refractivity contribution in [3.8, 4) is 11.5 Å². The molecule has 1 saturated heterocycles. The molecular weight excluding hydrogens is 404 g/mol. The quantitative estimate of drug-likeness (QED) is 0.553. The van der Waals surface area contributed by atoms with Crippen LogP contribution in [0, 0.1) is 6.92 Å². The van der Waals surface area contributed by atoms with Crippen LogP contribution in [-0.4, -0.2) is 54.4 Å². The highest BCUT2D eigenvalue weighted by molar-refractivity contribution is 7.98. The third kappa shape index (κ3) is 4.12. The Hall–Kier alpha value is -2.21. The van der Waals surface area contributed by atoms with E-state index in [9.17, 15) is 8.42 Å². The minimum Gasteiger partial charge on any atom is -0.411 e. The lowest BCUT2D eigenvalue weighted by Gasteiger charge is -2.26. The molecule has 0 unspecified atom stereocenters. The molecule has 4 rings (SSSR count). The molecule has 1 fully saturated rings. The van der Waals surface area contributed by atoms with Crippen LogP contribution in [0.4, 0.5) is 0 Å². The van der Waals surface area contributed by atoms with Crippen LogP contribution in [0.5, 0.6) is 0 Å². The minimum absolute atomic E-state index is 0.191. The van der Waals surface area contributed by atoms with Crippen LogP contribution < -0.4 is 0 Å². The Morgan fingerprint density at radius 1 is 1.18 bits per heavy atom. The minimum atomic E-state index is -3.59. The molecule has 9 nitrogen and oxygen atoms in total. The van der Waals surface area contributed by atoms with E-state index >= 15 is 0 Å². The molecule has 2 aromatic heterocycles. The fourth-order valence-electron chi connectivity index (χ4n) is 2.73. The molecule has 1 aliphatic heterocycles. The Balaban J connectivity index is 1.50. The molecule has 0 spiro atoms. The molecule has 0 bridgehead atoms. The van der Waals surface area contributed by atoms with Gasteiger partial charge in [-0.25, -0.2) is 8.42 Å². The van der Waals surface area contributed by atoms with E-state index in [4.69, 9.17) is 13.7 Å². The van der Waals surface area contributed by atoms with Crippen molar-refractivity contribution in [2.24, 2.45) is 0 Å². The van der Waals surface area contributed by atoms with Gasteiger partial charge in [0, 0.05) is 24.7 Å². The summed E-state index contributed by atoms with van der Waals surface area (Å²) in [6.45, 7) is 3.33. The zero-order chi connectivity index (χ0) is 19.6. The van der Waals surface area contributed by atoms with Gasteiger partial charge in [0.1, 0.15) is 5.76 Å². The Kier molecular flexibility index (Phi) is 5.49. The molecule has 0 radical (unpaired) electrons. The lowest BCUT2D eigenvalue weighted by molar-refractivity contribution is 0.0730. The summed E-state index contributed by atoms with van der Waals surface area (Å²) < 4.78 is 43.1. The van der Waals surface area contributed by atoms with Gasteiger partial charge in [-0.15, -0.1) is 10.2 Å². The fourth-order valence-corrected chi connectivity index (χ4v) is 4.82. The first-order chi connectivity index (χ1) is 13.5. The van der Waals surface area contributed by atoms with Crippen molar-refractivity contribution in [3.63, 3.8) is 0 Å². The maximum atomic E-state index is 12.8. The van der Waals surface area contributed by atoms with Gasteiger partial charge in [0.25, 0.3) is 5.22 Å². The van der Waals surface area contributed by atoms with Gasteiger partial charge in [0.2, 0.25) is 15.9 Å². The molecule has 148 valence electrons. The van der Waals surface area contributed by atoms with Crippen LogP contribution in [0.2, 0.25) is 0 Å². The van der Waals surface area contributed by atoms with E-state index in [-0.39, 0.29) is 10.8 Å². The average molecular weight is 422 g/mol. The van der Waals surface area contributed by atoms with Gasteiger partial charge in [-0.1, -0.05) is 23.0 Å². The second-order valence-corrected chi connectivity index (χ2v) is 9.01. The largest absolute Gasteiger partial charge is 0.411 e. The van der Waals surface area contributed by atoms with Crippen molar-refractivity contribution in [2.45, 2.75) is 22.8 Å². The number of hydrogen-bond donors (Lipinski definition) is 0. The Labute approximate surface area is 166 Å². The van der Waals surface area contributed by atoms with Crippen molar-refractivity contribution < 1.29 is 22.1 Å². The number of aryl methyl sites for hydroxylation is 1. The molecular formula is C17H18N4O5S2. The first-order valence-electron chi connectivity index (χ1n) is 8.59. The Morgan fingerprint density at radius 3 is 2.75 bits per heavy atom. The topological polar surface area (TPSA) is 112 Å². The van der Waals surface area contributed by atoms with E-state index in [1.165, 1.54) is 16.1 Å². The van der Waals surface area contributed by atoms with Crippen molar-refractivity contribution >= 4 is 21.8 Å². The number of thioether (sulfide) groups is 1. The first kappa shape index (κ1) is 19.1. The van der Waals surface area contributed by atoms with Crippen molar-refractivity contribution in [3.05, 3.63) is 41.8 Å². The number of ether oxygens (including phenoxy) is 1. The summed E-state index contributed by atoms with van der Waals surface area (Å²) in [6, 6.07) is 8.35. The maximum Gasteiger partial charge on any atom is 0.277 e. The molecule has 28 heavy (non-hydrogen) atoms. The fraction of sp³-hybridized carbons (Fsp3) is 0.353. The zero-order valence-corrected chi connectivity index (χ0v) is 16.7. The molecule has 3 heterocycles. The van der Waals surface area contributed by atoms with Crippen LogP contribution in [0.25, 0.3) is 11.5 Å². The lowest BCUT2D eigenvalue weighted by atomic mass is 10.2. The first-order valence-corrected chi connectivity index (χ1v) is 11.0. The molecule has 0 saturated carbocycles. The number of benzene rings is 1. The van der Waals surface area contributed by atoms with E-state index in [2.05, 4.69) is 15.4 Å². The predicted molar refractivity (Wildman–Crippen MR) is 100 cm³/mol. The zero-order valence-electron chi connectivity index (χ0n) is 15.1. The Bertz CT molecular complexity index is 1060. The summed E-state index contributed by atoms with van der Waals surface area (Å²) >= 11 is 1.32. The van der Waals surface area contributed by atoms with Gasteiger partial charge in [0.15, 0.2) is 0 Å². The van der Waals surface area contributed by atoms with Gasteiger partial charge in [0.05, 0.1) is 29.6 Å². The Morgan fingerprint density at radius 2 is 2.00 bits per heavy atom. The summed E-state index contributed by atoms with van der Waals surface area (Å²) in [5.74, 6) is 1.48. The van der Waals surface area contributed by atoms with Crippen molar-refractivity contribution in [1.29, 1.82) is 0 Å². The smallest absolute Gasteiger partial charge is 0.277 e. The molecule has 1 aromatic carbocycles. The molecule has 0 aliphatic carbocycles. The second kappa shape index (κ2) is 8.03. The third-order valence-corrected chi connectivity index (χ3v) is 6.85. The van der Waals surface area contributed by atoms with Crippen molar-refractivity contribution in [1.82, 2.24) is 19.7 Å². The molecule has 0 atom stereocenters. The van der Waals surface area contributed by atoms with Crippen LogP contribution in [0.1, 0.15) is 11.5 Å². The molecule has 3 aromatic rings. The average Bonchev–Trinajstić information content (AvgIpc) is 3.36. The standard InChI is InChI=1S/C17H18N4O5S2/c1-12-9-14(26-20-12)11-27-17-19-18-16(25-17)13-3-2-4-15(10-13)28(22,23)21-5-7-24-8-6-21/h2-4,9-10H,5-8,11H2,1H3. The number of morpholine rings is 1. The molecule has 11 heteroatoms. The predicted octanol–water partition coefficient (Wildman–Crippen LogP) is 2.35. The molecule has 1 aliphatic rings. The summed E-state index contributed by atoms with van der Waals surface area (Å²) in [6.07, 6.45) is 0. The summed E-state index contributed by atoms with van der Waals surface area (Å²) in [7, 11) is -3.59. The van der Waals surface area contributed by atoms with E-state index in [1.54, 1.807) is 24.3 Å². The number of rotatable bonds is 6. The highest BCUT2D eigenvalue weighted by atomic mass is 32.2. The number of hydrogen-bond acceptors (Lipinski definition) is 9. The monoisotopic (exact) mass is 422 g/mol. The summed E-state index contributed by atoms with van der Waals surface area (Å²) in [4.78, 5) is 0.191. The number of aromatic nitrogens is 3. The lowest BCUT2D eigenvalue weighted by Crippen LogP contribution is -2.40. The van der Waals surface area contributed by atoms with Gasteiger partial charge < -0.3 is 13.7 Å². The van der Waals surface area contributed by atoms with Gasteiger partial charge >= 0.3 is 0 Å². The SMILES string of the molecule is Cc1cc(CSc2nnc(-c3cccc(S(=O)(=O)N4CCOCC4)c3)o2)on1. The van der Waals surface area contributed by atoms with E-state index in [1.807, 2.05) is 13.0 Å². The highest BCUT2D eigenvalue weighted by Gasteiger charge is 2.26. The summed E-state index contributed by atoms with van der Waals surface area (Å²) in [5.41, 5.74) is 1.35. The van der Waals surface area contributed by atoms with E-state index in [0.29, 0.717) is 48.6 Å². The molecule has 0 amide bonds. The normalized spacial score (nSPS) is 15.8. The second-order valence-electron chi connectivity index (χ2n) is 6.14. The number of nitrogens with zero attached hydrogens (tertiary/aromatic N) is 4. The summed E-state index contributed by atoms with van der Waals surface area (Å²) in [5, 5.41) is 12.2. The van der Waals surface area contributed by atoms with Gasteiger partial charge in [-0.3, -0.25) is 0 Å². The van der Waals surface area contributed by atoms with Crippen LogP contribution >= 0.6 is 11.8 Å². The third-order valence-electron chi connectivity index (χ3n) is 4.11. The van der Waals surface area contributed by atoms with Crippen LogP contribution in [-0.2, 0) is 20.5 Å². The highest BCUT2D eigenvalue weighted by Crippen LogP contribution is 2.28.